The highest BCUT2D eigenvalue weighted by molar-refractivity contribution is 9.10. The number of ether oxygens (including phenoxy) is 2. The van der Waals surface area contributed by atoms with Gasteiger partial charge in [-0.3, -0.25) is 0 Å². The average Bonchev–Trinajstić information content (AvgIpc) is 2.48. The SMILES string of the molecule is COc1cc(Cl)cc(CCl)c1OCc1cc(Br)ccc1F. The molecule has 2 aromatic carbocycles. The van der Waals surface area contributed by atoms with Crippen LogP contribution in [0.5, 0.6) is 11.5 Å². The molecule has 0 aromatic heterocycles. The molecule has 0 spiro atoms. The van der Waals surface area contributed by atoms with Gasteiger partial charge in [-0.2, -0.15) is 0 Å². The van der Waals surface area contributed by atoms with Gasteiger partial charge < -0.3 is 9.47 Å². The molecule has 0 amide bonds. The standard InChI is InChI=1S/C15H12BrCl2FO2/c1-20-14-6-12(18)5-9(7-17)15(14)21-8-10-4-11(16)2-3-13(10)19/h2-6H,7-8H2,1H3. The summed E-state index contributed by atoms with van der Waals surface area (Å²) in [6.45, 7) is 0.0627. The number of benzene rings is 2. The lowest BCUT2D eigenvalue weighted by atomic mass is 10.2. The van der Waals surface area contributed by atoms with Crippen molar-refractivity contribution in [3.8, 4) is 11.5 Å². The van der Waals surface area contributed by atoms with Gasteiger partial charge in [0.1, 0.15) is 12.4 Å². The van der Waals surface area contributed by atoms with Crippen LogP contribution in [-0.2, 0) is 12.5 Å². The number of hydrogen-bond donors (Lipinski definition) is 0. The lowest BCUT2D eigenvalue weighted by Crippen LogP contribution is -2.02. The molecule has 0 bridgehead atoms. The fourth-order valence-electron chi connectivity index (χ4n) is 1.84. The lowest BCUT2D eigenvalue weighted by molar-refractivity contribution is 0.277. The van der Waals surface area contributed by atoms with Crippen LogP contribution in [0.3, 0.4) is 0 Å². The van der Waals surface area contributed by atoms with E-state index in [9.17, 15) is 4.39 Å². The van der Waals surface area contributed by atoms with E-state index in [1.165, 1.54) is 13.2 Å². The van der Waals surface area contributed by atoms with Crippen LogP contribution in [0.2, 0.25) is 5.02 Å². The molecule has 112 valence electrons. The summed E-state index contributed by atoms with van der Waals surface area (Å²) < 4.78 is 25.4. The molecule has 21 heavy (non-hydrogen) atoms. The fraction of sp³-hybridized carbons (Fsp3) is 0.200. The molecule has 0 N–H and O–H groups in total. The molecule has 0 aliphatic rings. The van der Waals surface area contributed by atoms with Crippen molar-refractivity contribution < 1.29 is 13.9 Å². The zero-order chi connectivity index (χ0) is 15.4. The molecule has 2 nitrogen and oxygen atoms in total. The van der Waals surface area contributed by atoms with Crippen LogP contribution in [0.1, 0.15) is 11.1 Å². The van der Waals surface area contributed by atoms with Crippen LogP contribution in [0.25, 0.3) is 0 Å². The smallest absolute Gasteiger partial charge is 0.166 e. The Kier molecular flexibility index (Phi) is 5.73. The fourth-order valence-corrected chi connectivity index (χ4v) is 2.68. The summed E-state index contributed by atoms with van der Waals surface area (Å²) in [6, 6.07) is 8.00. The first-order chi connectivity index (χ1) is 10.0. The number of halogens is 4. The van der Waals surface area contributed by atoms with E-state index in [1.807, 2.05) is 0 Å². The molecule has 0 aliphatic heterocycles. The van der Waals surface area contributed by atoms with Crippen molar-refractivity contribution in [3.63, 3.8) is 0 Å². The first kappa shape index (κ1) is 16.4. The Bertz CT molecular complexity index is 625. The van der Waals surface area contributed by atoms with Gasteiger partial charge in [0.15, 0.2) is 11.5 Å². The normalized spacial score (nSPS) is 10.5. The molecule has 0 radical (unpaired) electrons. The molecule has 0 heterocycles. The maximum atomic E-state index is 13.7. The molecule has 0 saturated carbocycles. The van der Waals surface area contributed by atoms with Crippen molar-refractivity contribution in [2.45, 2.75) is 12.5 Å². The van der Waals surface area contributed by atoms with E-state index in [0.29, 0.717) is 27.6 Å². The van der Waals surface area contributed by atoms with Crippen molar-refractivity contribution >= 4 is 39.1 Å². The van der Waals surface area contributed by atoms with E-state index in [1.54, 1.807) is 24.3 Å². The zero-order valence-corrected chi connectivity index (χ0v) is 14.2. The number of methoxy groups -OCH3 is 1. The van der Waals surface area contributed by atoms with E-state index in [0.717, 1.165) is 4.47 Å². The first-order valence-electron chi connectivity index (χ1n) is 6.04. The molecule has 0 unspecified atom stereocenters. The first-order valence-corrected chi connectivity index (χ1v) is 7.74. The molecular weight excluding hydrogens is 382 g/mol. The van der Waals surface area contributed by atoms with E-state index in [4.69, 9.17) is 32.7 Å². The van der Waals surface area contributed by atoms with Gasteiger partial charge in [-0.25, -0.2) is 4.39 Å². The minimum Gasteiger partial charge on any atom is -0.493 e. The van der Waals surface area contributed by atoms with Gasteiger partial charge >= 0.3 is 0 Å². The minimum absolute atomic E-state index is 0.0627. The summed E-state index contributed by atoms with van der Waals surface area (Å²) in [5.41, 5.74) is 1.12. The molecule has 0 fully saturated rings. The highest BCUT2D eigenvalue weighted by Gasteiger charge is 2.13. The summed E-state index contributed by atoms with van der Waals surface area (Å²) >= 11 is 15.2. The number of alkyl halides is 1. The van der Waals surface area contributed by atoms with Crippen LogP contribution in [0.4, 0.5) is 4.39 Å². The maximum absolute atomic E-state index is 13.7. The van der Waals surface area contributed by atoms with E-state index < -0.39 is 0 Å². The second-order valence-electron chi connectivity index (χ2n) is 4.25. The average molecular weight is 394 g/mol. The minimum atomic E-state index is -0.335. The Morgan fingerprint density at radius 3 is 2.62 bits per heavy atom. The van der Waals surface area contributed by atoms with Crippen LogP contribution >= 0.6 is 39.1 Å². The van der Waals surface area contributed by atoms with E-state index in [-0.39, 0.29) is 18.3 Å². The van der Waals surface area contributed by atoms with Gasteiger partial charge in [0.25, 0.3) is 0 Å². The Hall–Kier alpha value is -0.970. The van der Waals surface area contributed by atoms with Crippen molar-refractivity contribution in [3.05, 3.63) is 56.8 Å². The van der Waals surface area contributed by atoms with Crippen molar-refractivity contribution in [2.75, 3.05) is 7.11 Å². The third-order valence-corrected chi connectivity index (χ3v) is 3.84. The number of rotatable bonds is 5. The van der Waals surface area contributed by atoms with Crippen molar-refractivity contribution in [1.29, 1.82) is 0 Å². The second kappa shape index (κ2) is 7.34. The molecule has 2 rings (SSSR count). The monoisotopic (exact) mass is 392 g/mol. The Labute approximate surface area is 140 Å². The van der Waals surface area contributed by atoms with Crippen molar-refractivity contribution in [1.82, 2.24) is 0 Å². The maximum Gasteiger partial charge on any atom is 0.166 e. The Balaban J connectivity index is 2.29. The third kappa shape index (κ3) is 4.02. The molecule has 0 saturated heterocycles. The zero-order valence-electron chi connectivity index (χ0n) is 11.1. The van der Waals surface area contributed by atoms with Gasteiger partial charge in [-0.15, -0.1) is 11.6 Å². The van der Waals surface area contributed by atoms with Gasteiger partial charge in [-0.05, 0) is 24.3 Å². The Morgan fingerprint density at radius 1 is 1.19 bits per heavy atom. The van der Waals surface area contributed by atoms with Crippen LogP contribution in [-0.4, -0.2) is 7.11 Å². The molecule has 0 atom stereocenters. The van der Waals surface area contributed by atoms with Crippen LogP contribution < -0.4 is 9.47 Å². The summed E-state index contributed by atoms with van der Waals surface area (Å²) in [4.78, 5) is 0. The summed E-state index contributed by atoms with van der Waals surface area (Å²) in [5.74, 6) is 0.816. The van der Waals surface area contributed by atoms with Gasteiger partial charge in [0, 0.05) is 26.7 Å². The summed E-state index contributed by atoms with van der Waals surface area (Å²) in [5, 5.41) is 0.503. The predicted molar refractivity (Wildman–Crippen MR) is 86.0 cm³/mol. The third-order valence-electron chi connectivity index (χ3n) is 2.84. The predicted octanol–water partition coefficient (Wildman–Crippen LogP) is 5.57. The van der Waals surface area contributed by atoms with Gasteiger partial charge in [0.2, 0.25) is 0 Å². The van der Waals surface area contributed by atoms with Crippen molar-refractivity contribution in [2.24, 2.45) is 0 Å². The largest absolute Gasteiger partial charge is 0.493 e. The van der Waals surface area contributed by atoms with E-state index >= 15 is 0 Å². The van der Waals surface area contributed by atoms with Crippen LogP contribution in [0.15, 0.2) is 34.8 Å². The Morgan fingerprint density at radius 2 is 1.95 bits per heavy atom. The summed E-state index contributed by atoms with van der Waals surface area (Å²) in [6.07, 6.45) is 0. The van der Waals surface area contributed by atoms with Crippen LogP contribution in [0, 0.1) is 5.82 Å². The van der Waals surface area contributed by atoms with Gasteiger partial charge in [-0.1, -0.05) is 27.5 Å². The second-order valence-corrected chi connectivity index (χ2v) is 5.87. The molecule has 2 aromatic rings. The quantitative estimate of drug-likeness (QED) is 0.618. The summed E-state index contributed by atoms with van der Waals surface area (Å²) in [7, 11) is 1.51. The highest BCUT2D eigenvalue weighted by Crippen LogP contribution is 2.36. The lowest BCUT2D eigenvalue weighted by Gasteiger charge is -2.15. The molecular formula is C15H12BrCl2FO2. The molecule has 6 heteroatoms. The topological polar surface area (TPSA) is 18.5 Å². The van der Waals surface area contributed by atoms with E-state index in [2.05, 4.69) is 15.9 Å². The van der Waals surface area contributed by atoms with Gasteiger partial charge in [0.05, 0.1) is 13.0 Å². The molecule has 0 aliphatic carbocycles. The highest BCUT2D eigenvalue weighted by atomic mass is 79.9. The number of hydrogen-bond acceptors (Lipinski definition) is 2.